The Balaban J connectivity index is 2.52. The predicted octanol–water partition coefficient (Wildman–Crippen LogP) is 3.12. The molecular weight excluding hydrogens is 249 g/mol. The maximum atomic E-state index is 11.9. The molecule has 2 N–H and O–H groups in total. The van der Waals surface area contributed by atoms with Gasteiger partial charge in [0, 0.05) is 12.2 Å². The summed E-state index contributed by atoms with van der Waals surface area (Å²) in [5.74, 6) is -0.331. The molecule has 1 aromatic carbocycles. The minimum atomic E-state index is -4.71. The zero-order valence-corrected chi connectivity index (χ0v) is 9.67. The Morgan fingerprint density at radius 2 is 1.89 bits per heavy atom. The molecule has 0 radical (unpaired) electrons. The molecule has 0 bridgehead atoms. The number of anilines is 1. The van der Waals surface area contributed by atoms with Crippen LogP contribution in [0.2, 0.25) is 0 Å². The van der Waals surface area contributed by atoms with Gasteiger partial charge in [-0.25, -0.2) is 4.79 Å². The maximum Gasteiger partial charge on any atom is 0.573 e. The number of carbonyl (C=O) groups is 1. The average Bonchev–Trinajstić information content (AvgIpc) is 2.27. The Hall–Kier alpha value is -1.92. The quantitative estimate of drug-likeness (QED) is 0.875. The first kappa shape index (κ1) is 14.1. The van der Waals surface area contributed by atoms with Gasteiger partial charge in [0.1, 0.15) is 5.75 Å². The van der Waals surface area contributed by atoms with Gasteiger partial charge in [0.05, 0.1) is 0 Å². The summed E-state index contributed by atoms with van der Waals surface area (Å²) >= 11 is 0. The van der Waals surface area contributed by atoms with Crippen LogP contribution in [0.4, 0.5) is 23.7 Å². The van der Waals surface area contributed by atoms with E-state index in [2.05, 4.69) is 15.4 Å². The summed E-state index contributed by atoms with van der Waals surface area (Å²) in [6.07, 6.45) is -3.92. The molecule has 1 aromatic rings. The van der Waals surface area contributed by atoms with Crippen LogP contribution in [-0.2, 0) is 0 Å². The van der Waals surface area contributed by atoms with E-state index in [1.165, 1.54) is 12.1 Å². The van der Waals surface area contributed by atoms with E-state index < -0.39 is 12.4 Å². The van der Waals surface area contributed by atoms with Crippen molar-refractivity contribution in [3.05, 3.63) is 24.3 Å². The molecule has 1 rings (SSSR count). The molecule has 7 heteroatoms. The Kier molecular flexibility index (Phi) is 4.82. The highest BCUT2D eigenvalue weighted by Crippen LogP contribution is 2.23. The molecule has 0 saturated carbocycles. The van der Waals surface area contributed by atoms with Crippen LogP contribution >= 0.6 is 0 Å². The minimum absolute atomic E-state index is 0.331. The summed E-state index contributed by atoms with van der Waals surface area (Å²) in [4.78, 5) is 11.3. The largest absolute Gasteiger partial charge is 0.573 e. The number of benzene rings is 1. The van der Waals surface area contributed by atoms with E-state index in [1.807, 2.05) is 6.92 Å². The smallest absolute Gasteiger partial charge is 0.406 e. The third kappa shape index (κ3) is 5.42. The third-order valence-electron chi connectivity index (χ3n) is 1.88. The molecule has 0 aliphatic rings. The molecule has 0 unspecified atom stereocenters. The second-order valence-electron chi connectivity index (χ2n) is 3.45. The first-order valence-electron chi connectivity index (χ1n) is 5.31. The topological polar surface area (TPSA) is 50.4 Å². The SMILES string of the molecule is CCCNC(=O)Nc1ccc(OC(F)(F)F)cc1. The summed E-state index contributed by atoms with van der Waals surface area (Å²) in [7, 11) is 0. The number of halogens is 3. The van der Waals surface area contributed by atoms with Crippen LogP contribution < -0.4 is 15.4 Å². The van der Waals surface area contributed by atoms with E-state index in [4.69, 9.17) is 0 Å². The molecule has 0 atom stereocenters. The lowest BCUT2D eigenvalue weighted by molar-refractivity contribution is -0.274. The molecule has 0 spiro atoms. The predicted molar refractivity (Wildman–Crippen MR) is 60.4 cm³/mol. The Bertz CT molecular complexity index is 390. The van der Waals surface area contributed by atoms with Crippen LogP contribution in [0.3, 0.4) is 0 Å². The van der Waals surface area contributed by atoms with Crippen LogP contribution in [0, 0.1) is 0 Å². The monoisotopic (exact) mass is 262 g/mol. The van der Waals surface area contributed by atoms with Gasteiger partial charge in [-0.1, -0.05) is 6.92 Å². The van der Waals surface area contributed by atoms with Gasteiger partial charge in [-0.2, -0.15) is 0 Å². The molecule has 0 saturated heterocycles. The van der Waals surface area contributed by atoms with Gasteiger partial charge in [0.2, 0.25) is 0 Å². The van der Waals surface area contributed by atoms with E-state index in [9.17, 15) is 18.0 Å². The molecule has 2 amide bonds. The summed E-state index contributed by atoms with van der Waals surface area (Å²) < 4.78 is 39.4. The minimum Gasteiger partial charge on any atom is -0.406 e. The van der Waals surface area contributed by atoms with Crippen molar-refractivity contribution in [3.8, 4) is 5.75 Å². The number of rotatable bonds is 4. The second-order valence-corrected chi connectivity index (χ2v) is 3.45. The van der Waals surface area contributed by atoms with Gasteiger partial charge in [0.15, 0.2) is 0 Å². The molecule has 4 nitrogen and oxygen atoms in total. The van der Waals surface area contributed by atoms with Crippen LogP contribution in [0.5, 0.6) is 5.75 Å². The van der Waals surface area contributed by atoms with Crippen molar-refractivity contribution in [1.82, 2.24) is 5.32 Å². The fraction of sp³-hybridized carbons (Fsp3) is 0.364. The first-order chi connectivity index (χ1) is 8.40. The first-order valence-corrected chi connectivity index (χ1v) is 5.31. The number of ether oxygens (including phenoxy) is 1. The standard InChI is InChI=1S/C11H13F3N2O2/c1-2-7-15-10(17)16-8-3-5-9(6-4-8)18-11(12,13)14/h3-6H,2,7H2,1H3,(H2,15,16,17). The van der Waals surface area contributed by atoms with Crippen LogP contribution in [0.1, 0.15) is 13.3 Å². The summed E-state index contributed by atoms with van der Waals surface area (Å²) in [6.45, 7) is 2.44. The lowest BCUT2D eigenvalue weighted by Crippen LogP contribution is -2.29. The zero-order chi connectivity index (χ0) is 13.6. The average molecular weight is 262 g/mol. The summed E-state index contributed by atoms with van der Waals surface area (Å²) in [6, 6.07) is 4.51. The number of hydrogen-bond acceptors (Lipinski definition) is 2. The molecule has 100 valence electrons. The Morgan fingerprint density at radius 1 is 1.28 bits per heavy atom. The van der Waals surface area contributed by atoms with Crippen molar-refractivity contribution >= 4 is 11.7 Å². The second kappa shape index (κ2) is 6.13. The van der Waals surface area contributed by atoms with Crippen molar-refractivity contribution in [2.75, 3.05) is 11.9 Å². The molecule has 0 fully saturated rings. The van der Waals surface area contributed by atoms with Gasteiger partial charge in [-0.3, -0.25) is 0 Å². The van der Waals surface area contributed by atoms with Crippen LogP contribution in [0.15, 0.2) is 24.3 Å². The zero-order valence-electron chi connectivity index (χ0n) is 9.67. The molecule has 0 aromatic heterocycles. The highest BCUT2D eigenvalue weighted by Gasteiger charge is 2.30. The molecule has 18 heavy (non-hydrogen) atoms. The fourth-order valence-corrected chi connectivity index (χ4v) is 1.15. The highest BCUT2D eigenvalue weighted by atomic mass is 19.4. The number of carbonyl (C=O) groups excluding carboxylic acids is 1. The van der Waals surface area contributed by atoms with Crippen molar-refractivity contribution in [2.24, 2.45) is 0 Å². The van der Waals surface area contributed by atoms with Gasteiger partial charge >= 0.3 is 12.4 Å². The molecular formula is C11H13F3N2O2. The number of nitrogens with one attached hydrogen (secondary N) is 2. The molecule has 0 aliphatic heterocycles. The Labute approximate surface area is 102 Å². The van der Waals surface area contributed by atoms with E-state index in [0.29, 0.717) is 12.2 Å². The third-order valence-corrected chi connectivity index (χ3v) is 1.88. The van der Waals surface area contributed by atoms with Crippen molar-refractivity contribution in [1.29, 1.82) is 0 Å². The van der Waals surface area contributed by atoms with Crippen LogP contribution in [-0.4, -0.2) is 18.9 Å². The number of hydrogen-bond donors (Lipinski definition) is 2. The van der Waals surface area contributed by atoms with E-state index >= 15 is 0 Å². The lowest BCUT2D eigenvalue weighted by atomic mass is 10.3. The maximum absolute atomic E-state index is 11.9. The van der Waals surface area contributed by atoms with Crippen molar-refractivity contribution in [2.45, 2.75) is 19.7 Å². The summed E-state index contributed by atoms with van der Waals surface area (Å²) in [5, 5.41) is 5.05. The van der Waals surface area contributed by atoms with Crippen molar-refractivity contribution < 1.29 is 22.7 Å². The number of amides is 2. The normalized spacial score (nSPS) is 10.9. The summed E-state index contributed by atoms with van der Waals surface area (Å²) in [5.41, 5.74) is 0.387. The molecule has 0 aliphatic carbocycles. The van der Waals surface area contributed by atoms with E-state index in [1.54, 1.807) is 0 Å². The Morgan fingerprint density at radius 3 is 2.39 bits per heavy atom. The van der Waals surface area contributed by atoms with E-state index in [-0.39, 0.29) is 5.75 Å². The highest BCUT2D eigenvalue weighted by molar-refractivity contribution is 5.89. The molecule has 0 heterocycles. The van der Waals surface area contributed by atoms with Crippen LogP contribution in [0.25, 0.3) is 0 Å². The number of urea groups is 1. The van der Waals surface area contributed by atoms with Gasteiger partial charge in [-0.15, -0.1) is 13.2 Å². The fourth-order valence-electron chi connectivity index (χ4n) is 1.15. The lowest BCUT2D eigenvalue weighted by Gasteiger charge is -2.10. The van der Waals surface area contributed by atoms with Gasteiger partial charge in [0.25, 0.3) is 0 Å². The van der Waals surface area contributed by atoms with Gasteiger partial charge < -0.3 is 15.4 Å². The van der Waals surface area contributed by atoms with Crippen molar-refractivity contribution in [3.63, 3.8) is 0 Å². The van der Waals surface area contributed by atoms with E-state index in [0.717, 1.165) is 18.6 Å². The van der Waals surface area contributed by atoms with Gasteiger partial charge in [-0.05, 0) is 30.7 Å². The number of alkyl halides is 3.